The predicted octanol–water partition coefficient (Wildman–Crippen LogP) is 1.91. The van der Waals surface area contributed by atoms with Crippen LogP contribution in [0.2, 0.25) is 0 Å². The number of halogens is 1. The molecule has 0 aromatic heterocycles. The van der Waals surface area contributed by atoms with Crippen LogP contribution in [0, 0.1) is 5.82 Å². The van der Waals surface area contributed by atoms with Crippen molar-refractivity contribution in [1.82, 2.24) is 9.62 Å². The average molecular weight is 372 g/mol. The number of carbonyl (C=O) groups excluding carboxylic acids is 1. The molecule has 2 unspecified atom stereocenters. The normalized spacial score (nSPS) is 19.6. The summed E-state index contributed by atoms with van der Waals surface area (Å²) in [5, 5.41) is 2.80. The van der Waals surface area contributed by atoms with Crippen LogP contribution in [-0.2, 0) is 14.8 Å². The number of carbonyl (C=O) groups is 1. The molecule has 0 spiro atoms. The van der Waals surface area contributed by atoms with E-state index in [-0.39, 0.29) is 30.1 Å². The maximum atomic E-state index is 12.9. The summed E-state index contributed by atoms with van der Waals surface area (Å²) in [4.78, 5) is 12.5. The standard InChI is InChI=1S/C17H25FN2O4S/c1-3-11-25(22,23)20-10-4-5-16(20)17(21)19-13(2)12-24-15-8-6-14(18)7-9-15/h6-9,13,16H,3-5,10-12H2,1-2H3,(H,19,21). The van der Waals surface area contributed by atoms with Gasteiger partial charge in [0.15, 0.2) is 0 Å². The molecule has 8 heteroatoms. The summed E-state index contributed by atoms with van der Waals surface area (Å²) in [6, 6.07) is 4.68. The second-order valence-electron chi connectivity index (χ2n) is 6.26. The number of ether oxygens (including phenoxy) is 1. The minimum atomic E-state index is -3.39. The Morgan fingerprint density at radius 3 is 2.72 bits per heavy atom. The van der Waals surface area contributed by atoms with Gasteiger partial charge in [0.05, 0.1) is 11.8 Å². The van der Waals surface area contributed by atoms with Gasteiger partial charge in [-0.2, -0.15) is 4.31 Å². The van der Waals surface area contributed by atoms with Crippen LogP contribution in [0.3, 0.4) is 0 Å². The second kappa shape index (κ2) is 8.62. The van der Waals surface area contributed by atoms with Gasteiger partial charge in [0.2, 0.25) is 15.9 Å². The summed E-state index contributed by atoms with van der Waals surface area (Å²) >= 11 is 0. The van der Waals surface area contributed by atoms with Gasteiger partial charge in [-0.25, -0.2) is 12.8 Å². The Labute approximate surface area is 148 Å². The highest BCUT2D eigenvalue weighted by Crippen LogP contribution is 2.22. The van der Waals surface area contributed by atoms with E-state index in [0.717, 1.165) is 0 Å². The van der Waals surface area contributed by atoms with E-state index in [2.05, 4.69) is 5.32 Å². The Balaban J connectivity index is 1.88. The highest BCUT2D eigenvalue weighted by Gasteiger charge is 2.38. The van der Waals surface area contributed by atoms with Crippen molar-refractivity contribution < 1.29 is 22.3 Å². The van der Waals surface area contributed by atoms with Crippen molar-refractivity contribution >= 4 is 15.9 Å². The number of nitrogens with zero attached hydrogens (tertiary/aromatic N) is 1. The first kappa shape index (κ1) is 19.7. The lowest BCUT2D eigenvalue weighted by Crippen LogP contribution is -2.49. The zero-order chi connectivity index (χ0) is 18.4. The Morgan fingerprint density at radius 2 is 2.08 bits per heavy atom. The molecule has 1 fully saturated rings. The monoisotopic (exact) mass is 372 g/mol. The number of hydrogen-bond acceptors (Lipinski definition) is 4. The first-order valence-electron chi connectivity index (χ1n) is 8.51. The third-order valence-electron chi connectivity index (χ3n) is 4.03. The van der Waals surface area contributed by atoms with E-state index in [1.54, 1.807) is 13.8 Å². The largest absolute Gasteiger partial charge is 0.491 e. The van der Waals surface area contributed by atoms with Crippen molar-refractivity contribution in [1.29, 1.82) is 0 Å². The van der Waals surface area contributed by atoms with Crippen molar-refractivity contribution in [2.45, 2.75) is 45.2 Å². The lowest BCUT2D eigenvalue weighted by molar-refractivity contribution is -0.125. The molecule has 2 rings (SSSR count). The number of amides is 1. The van der Waals surface area contributed by atoms with Gasteiger partial charge in [-0.05, 0) is 50.5 Å². The molecule has 1 aliphatic heterocycles. The maximum Gasteiger partial charge on any atom is 0.238 e. The number of rotatable bonds is 8. The first-order chi connectivity index (χ1) is 11.8. The molecule has 2 atom stereocenters. The minimum absolute atomic E-state index is 0.0556. The fourth-order valence-electron chi connectivity index (χ4n) is 2.84. The van der Waals surface area contributed by atoms with E-state index >= 15 is 0 Å². The van der Waals surface area contributed by atoms with Gasteiger partial charge in [-0.3, -0.25) is 4.79 Å². The first-order valence-corrected chi connectivity index (χ1v) is 10.1. The molecule has 1 saturated heterocycles. The minimum Gasteiger partial charge on any atom is -0.491 e. The molecular weight excluding hydrogens is 347 g/mol. The van der Waals surface area contributed by atoms with Gasteiger partial charge in [0.1, 0.15) is 24.2 Å². The van der Waals surface area contributed by atoms with Gasteiger partial charge in [-0.1, -0.05) is 6.92 Å². The summed E-state index contributed by atoms with van der Waals surface area (Å²) in [6.07, 6.45) is 1.73. The number of nitrogens with one attached hydrogen (secondary N) is 1. The number of hydrogen-bond donors (Lipinski definition) is 1. The summed E-state index contributed by atoms with van der Waals surface area (Å²) < 4.78 is 44.2. The zero-order valence-corrected chi connectivity index (χ0v) is 15.4. The molecule has 0 radical (unpaired) electrons. The van der Waals surface area contributed by atoms with Crippen molar-refractivity contribution in [2.24, 2.45) is 0 Å². The molecule has 140 valence electrons. The summed E-state index contributed by atoms with van der Waals surface area (Å²) in [5.74, 6) is -0.0776. The summed E-state index contributed by atoms with van der Waals surface area (Å²) in [6.45, 7) is 4.19. The van der Waals surface area contributed by atoms with Gasteiger partial charge in [0, 0.05) is 6.54 Å². The fraction of sp³-hybridized carbons (Fsp3) is 0.588. The van der Waals surface area contributed by atoms with Crippen molar-refractivity contribution in [3.05, 3.63) is 30.1 Å². The van der Waals surface area contributed by atoms with E-state index in [0.29, 0.717) is 31.6 Å². The molecule has 0 aliphatic carbocycles. The third-order valence-corrected chi connectivity index (χ3v) is 6.10. The van der Waals surface area contributed by atoms with Crippen LogP contribution in [0.25, 0.3) is 0 Å². The van der Waals surface area contributed by atoms with E-state index in [9.17, 15) is 17.6 Å². The van der Waals surface area contributed by atoms with Crippen molar-refractivity contribution in [3.8, 4) is 5.75 Å². The van der Waals surface area contributed by atoms with Crippen LogP contribution >= 0.6 is 0 Å². The molecule has 0 bridgehead atoms. The smallest absolute Gasteiger partial charge is 0.238 e. The van der Waals surface area contributed by atoms with Gasteiger partial charge in [-0.15, -0.1) is 0 Å². The average Bonchev–Trinajstić information content (AvgIpc) is 3.05. The highest BCUT2D eigenvalue weighted by molar-refractivity contribution is 7.89. The molecule has 25 heavy (non-hydrogen) atoms. The number of sulfonamides is 1. The Morgan fingerprint density at radius 1 is 1.40 bits per heavy atom. The molecule has 0 saturated carbocycles. The molecule has 6 nitrogen and oxygen atoms in total. The molecule has 1 N–H and O–H groups in total. The van der Waals surface area contributed by atoms with Crippen LogP contribution in [0.4, 0.5) is 4.39 Å². The molecular formula is C17H25FN2O4S. The number of benzene rings is 1. The summed E-state index contributed by atoms with van der Waals surface area (Å²) in [7, 11) is -3.39. The third kappa shape index (κ3) is 5.40. The Kier molecular flexibility index (Phi) is 6.78. The molecule has 1 aromatic carbocycles. The van der Waals surface area contributed by atoms with Crippen LogP contribution in [-0.4, -0.2) is 49.6 Å². The highest BCUT2D eigenvalue weighted by atomic mass is 32.2. The second-order valence-corrected chi connectivity index (χ2v) is 8.30. The van der Waals surface area contributed by atoms with E-state index < -0.39 is 16.1 Å². The van der Waals surface area contributed by atoms with Crippen molar-refractivity contribution in [2.75, 3.05) is 18.9 Å². The molecule has 1 amide bonds. The van der Waals surface area contributed by atoms with E-state index in [1.807, 2.05) is 0 Å². The van der Waals surface area contributed by atoms with Gasteiger partial charge in [0.25, 0.3) is 0 Å². The fourth-order valence-corrected chi connectivity index (χ4v) is 4.59. The molecule has 1 aromatic rings. The SMILES string of the molecule is CCCS(=O)(=O)N1CCCC1C(=O)NC(C)COc1ccc(F)cc1. The Hall–Kier alpha value is -1.67. The van der Waals surface area contributed by atoms with Gasteiger partial charge < -0.3 is 10.1 Å². The van der Waals surface area contributed by atoms with Crippen LogP contribution in [0.15, 0.2) is 24.3 Å². The van der Waals surface area contributed by atoms with Crippen molar-refractivity contribution in [3.63, 3.8) is 0 Å². The van der Waals surface area contributed by atoms with E-state index in [4.69, 9.17) is 4.74 Å². The van der Waals surface area contributed by atoms with E-state index in [1.165, 1.54) is 28.6 Å². The maximum absolute atomic E-state index is 12.9. The molecule has 1 heterocycles. The quantitative estimate of drug-likeness (QED) is 0.756. The molecule has 1 aliphatic rings. The lowest BCUT2D eigenvalue weighted by atomic mass is 10.2. The lowest BCUT2D eigenvalue weighted by Gasteiger charge is -2.25. The van der Waals surface area contributed by atoms with Crippen LogP contribution in [0.1, 0.15) is 33.1 Å². The topological polar surface area (TPSA) is 75.7 Å². The predicted molar refractivity (Wildman–Crippen MR) is 93.3 cm³/mol. The van der Waals surface area contributed by atoms with Gasteiger partial charge >= 0.3 is 0 Å². The zero-order valence-electron chi connectivity index (χ0n) is 14.6. The summed E-state index contributed by atoms with van der Waals surface area (Å²) in [5.41, 5.74) is 0. The Bertz CT molecular complexity index is 678. The van der Waals surface area contributed by atoms with Crippen LogP contribution in [0.5, 0.6) is 5.75 Å². The van der Waals surface area contributed by atoms with Crippen LogP contribution < -0.4 is 10.1 Å².